The first-order chi connectivity index (χ1) is 6.49. The van der Waals surface area contributed by atoms with Crippen LogP contribution < -0.4 is 0 Å². The van der Waals surface area contributed by atoms with Gasteiger partial charge in [-0.1, -0.05) is 0 Å². The molecule has 0 unspecified atom stereocenters. The van der Waals surface area contributed by atoms with Gasteiger partial charge < -0.3 is 9.52 Å². The molecule has 1 N–H and O–H groups in total. The van der Waals surface area contributed by atoms with Gasteiger partial charge in [-0.15, -0.1) is 0 Å². The molecule has 78 valence electrons. The Morgan fingerprint density at radius 2 is 2.21 bits per heavy atom. The summed E-state index contributed by atoms with van der Waals surface area (Å²) in [6, 6.07) is 0. The zero-order valence-corrected chi connectivity index (χ0v) is 8.57. The quantitative estimate of drug-likeness (QED) is 0.775. The summed E-state index contributed by atoms with van der Waals surface area (Å²) in [6.07, 6.45) is 0. The highest BCUT2D eigenvalue weighted by Gasteiger charge is 2.10. The summed E-state index contributed by atoms with van der Waals surface area (Å²) in [5.41, 5.74) is 0.851. The molecule has 0 amide bonds. The lowest BCUT2D eigenvalue weighted by atomic mass is 10.4. The van der Waals surface area contributed by atoms with Gasteiger partial charge in [0.2, 0.25) is 5.89 Å². The van der Waals surface area contributed by atoms with E-state index in [-0.39, 0.29) is 6.54 Å². The first-order valence-corrected chi connectivity index (χ1v) is 4.32. The number of aliphatic carboxylic acids is 1. The molecule has 0 aliphatic carbocycles. The molecule has 5 nitrogen and oxygen atoms in total. The molecule has 5 heteroatoms. The standard InChI is InChI=1S/C9H14N2O3/c1-6-7(2)14-8(10-6)4-11(3)5-9(12)13/h4-5H2,1-3H3,(H,12,13). The third kappa shape index (κ3) is 2.85. The van der Waals surface area contributed by atoms with E-state index < -0.39 is 5.97 Å². The second kappa shape index (κ2) is 4.23. The van der Waals surface area contributed by atoms with Crippen LogP contribution in [0.4, 0.5) is 0 Å². The lowest BCUT2D eigenvalue weighted by Crippen LogP contribution is -2.25. The number of hydrogen-bond acceptors (Lipinski definition) is 4. The van der Waals surface area contributed by atoms with E-state index in [1.54, 1.807) is 11.9 Å². The Kier molecular flexibility index (Phi) is 3.24. The van der Waals surface area contributed by atoms with Crippen LogP contribution in [0.15, 0.2) is 4.42 Å². The van der Waals surface area contributed by atoms with Gasteiger partial charge in [0.05, 0.1) is 18.8 Å². The molecule has 0 bridgehead atoms. The summed E-state index contributed by atoms with van der Waals surface area (Å²) in [5, 5.41) is 8.53. The summed E-state index contributed by atoms with van der Waals surface area (Å²) in [4.78, 5) is 16.2. The Labute approximate surface area is 82.4 Å². The average Bonchev–Trinajstić information content (AvgIpc) is 2.28. The van der Waals surface area contributed by atoms with Gasteiger partial charge in [-0.05, 0) is 20.9 Å². The molecule has 1 rings (SSSR count). The van der Waals surface area contributed by atoms with Crippen molar-refractivity contribution in [3.8, 4) is 0 Å². The molecule has 0 aromatic carbocycles. The summed E-state index contributed by atoms with van der Waals surface area (Å²) in [5.74, 6) is 0.486. The molecule has 0 fully saturated rings. The van der Waals surface area contributed by atoms with Crippen molar-refractivity contribution < 1.29 is 14.3 Å². The number of carbonyl (C=O) groups is 1. The molecule has 0 aliphatic rings. The van der Waals surface area contributed by atoms with Crippen LogP contribution in [0.2, 0.25) is 0 Å². The number of aromatic nitrogens is 1. The monoisotopic (exact) mass is 198 g/mol. The highest BCUT2D eigenvalue weighted by Crippen LogP contribution is 2.09. The molecular formula is C9H14N2O3. The van der Waals surface area contributed by atoms with Crippen LogP contribution in [0.5, 0.6) is 0 Å². The van der Waals surface area contributed by atoms with Crippen LogP contribution in [0.1, 0.15) is 17.3 Å². The molecule has 0 radical (unpaired) electrons. The van der Waals surface area contributed by atoms with Gasteiger partial charge in [-0.2, -0.15) is 0 Å². The van der Waals surface area contributed by atoms with Gasteiger partial charge in [0.25, 0.3) is 0 Å². The highest BCUT2D eigenvalue weighted by atomic mass is 16.4. The van der Waals surface area contributed by atoms with Crippen molar-refractivity contribution in [2.45, 2.75) is 20.4 Å². The number of carboxylic acids is 1. The van der Waals surface area contributed by atoms with E-state index in [0.717, 1.165) is 11.5 Å². The van der Waals surface area contributed by atoms with Crippen LogP contribution in [-0.2, 0) is 11.3 Å². The van der Waals surface area contributed by atoms with Gasteiger partial charge >= 0.3 is 5.97 Å². The maximum Gasteiger partial charge on any atom is 0.317 e. The van der Waals surface area contributed by atoms with Gasteiger partial charge in [0, 0.05) is 0 Å². The van der Waals surface area contributed by atoms with E-state index in [9.17, 15) is 4.79 Å². The summed E-state index contributed by atoms with van der Waals surface area (Å²) < 4.78 is 5.32. The van der Waals surface area contributed by atoms with Crippen molar-refractivity contribution in [2.75, 3.05) is 13.6 Å². The van der Waals surface area contributed by atoms with E-state index in [1.807, 2.05) is 13.8 Å². The first-order valence-electron chi connectivity index (χ1n) is 4.32. The molecule has 0 saturated heterocycles. The highest BCUT2D eigenvalue weighted by molar-refractivity contribution is 5.68. The Hall–Kier alpha value is -1.36. The Morgan fingerprint density at radius 1 is 1.57 bits per heavy atom. The van der Waals surface area contributed by atoms with Crippen LogP contribution in [0.3, 0.4) is 0 Å². The zero-order chi connectivity index (χ0) is 10.7. The number of carboxylic acid groups (broad SMARTS) is 1. The summed E-state index contributed by atoms with van der Waals surface area (Å²) >= 11 is 0. The number of oxazole rings is 1. The van der Waals surface area contributed by atoms with E-state index >= 15 is 0 Å². The fourth-order valence-electron chi connectivity index (χ4n) is 1.12. The minimum Gasteiger partial charge on any atom is -0.480 e. The predicted octanol–water partition coefficient (Wildman–Crippen LogP) is 0.808. The third-order valence-electron chi connectivity index (χ3n) is 1.88. The lowest BCUT2D eigenvalue weighted by Gasteiger charge is -2.10. The number of hydrogen-bond donors (Lipinski definition) is 1. The fourth-order valence-corrected chi connectivity index (χ4v) is 1.12. The molecule has 14 heavy (non-hydrogen) atoms. The van der Waals surface area contributed by atoms with E-state index in [1.165, 1.54) is 0 Å². The van der Waals surface area contributed by atoms with Crippen LogP contribution in [0.25, 0.3) is 0 Å². The molecule has 0 saturated carbocycles. The van der Waals surface area contributed by atoms with Crippen LogP contribution >= 0.6 is 0 Å². The third-order valence-corrected chi connectivity index (χ3v) is 1.88. The normalized spacial score (nSPS) is 10.9. The molecule has 1 aromatic heterocycles. The summed E-state index contributed by atoms with van der Waals surface area (Å²) in [6.45, 7) is 4.10. The molecule has 0 atom stereocenters. The topological polar surface area (TPSA) is 66.6 Å². The molecule has 1 aromatic rings. The van der Waals surface area contributed by atoms with Crippen molar-refractivity contribution >= 4 is 5.97 Å². The van der Waals surface area contributed by atoms with Crippen LogP contribution in [-0.4, -0.2) is 34.6 Å². The van der Waals surface area contributed by atoms with Crippen LogP contribution in [0, 0.1) is 13.8 Å². The van der Waals surface area contributed by atoms with Gasteiger partial charge in [-0.25, -0.2) is 4.98 Å². The second-order valence-corrected chi connectivity index (χ2v) is 3.32. The minimum atomic E-state index is -0.854. The lowest BCUT2D eigenvalue weighted by molar-refractivity contribution is -0.138. The Balaban J connectivity index is 2.56. The van der Waals surface area contributed by atoms with Gasteiger partial charge in [0.1, 0.15) is 5.76 Å². The minimum absolute atomic E-state index is 0.0134. The smallest absolute Gasteiger partial charge is 0.317 e. The van der Waals surface area contributed by atoms with E-state index in [2.05, 4.69) is 4.98 Å². The Bertz CT molecular complexity index is 313. The SMILES string of the molecule is Cc1nc(CN(C)CC(=O)O)oc1C. The van der Waals surface area contributed by atoms with E-state index in [0.29, 0.717) is 12.4 Å². The molecular weight excluding hydrogens is 184 g/mol. The first kappa shape index (κ1) is 10.7. The maximum atomic E-state index is 10.4. The number of rotatable bonds is 4. The van der Waals surface area contributed by atoms with Crippen molar-refractivity contribution in [2.24, 2.45) is 0 Å². The fraction of sp³-hybridized carbons (Fsp3) is 0.556. The van der Waals surface area contributed by atoms with Gasteiger partial charge in [-0.3, -0.25) is 9.69 Å². The van der Waals surface area contributed by atoms with Crippen molar-refractivity contribution in [3.05, 3.63) is 17.3 Å². The molecule has 0 spiro atoms. The maximum absolute atomic E-state index is 10.4. The number of likely N-dealkylation sites (N-methyl/N-ethyl adjacent to an activating group) is 1. The largest absolute Gasteiger partial charge is 0.480 e. The predicted molar refractivity (Wildman–Crippen MR) is 49.9 cm³/mol. The molecule has 1 heterocycles. The van der Waals surface area contributed by atoms with Crippen molar-refractivity contribution in [1.82, 2.24) is 9.88 Å². The summed E-state index contributed by atoms with van der Waals surface area (Å²) in [7, 11) is 1.71. The van der Waals surface area contributed by atoms with Crippen molar-refractivity contribution in [3.63, 3.8) is 0 Å². The number of aryl methyl sites for hydroxylation is 2. The number of nitrogens with zero attached hydrogens (tertiary/aromatic N) is 2. The van der Waals surface area contributed by atoms with Gasteiger partial charge in [0.15, 0.2) is 0 Å². The average molecular weight is 198 g/mol. The zero-order valence-electron chi connectivity index (χ0n) is 8.57. The molecule has 0 aliphatic heterocycles. The van der Waals surface area contributed by atoms with E-state index in [4.69, 9.17) is 9.52 Å². The van der Waals surface area contributed by atoms with Crippen molar-refractivity contribution in [1.29, 1.82) is 0 Å². The Morgan fingerprint density at radius 3 is 2.64 bits per heavy atom. The second-order valence-electron chi connectivity index (χ2n) is 3.32.